The van der Waals surface area contributed by atoms with Crippen LogP contribution < -0.4 is 19.9 Å². The molecule has 8 nitrogen and oxygen atoms in total. The van der Waals surface area contributed by atoms with E-state index in [4.69, 9.17) is 9.47 Å². The second kappa shape index (κ2) is 7.70. The molecule has 0 atom stereocenters. The summed E-state index contributed by atoms with van der Waals surface area (Å²) in [5, 5.41) is 4.14. The lowest BCUT2D eigenvalue weighted by atomic mass is 10.1. The van der Waals surface area contributed by atoms with E-state index < -0.39 is 6.86 Å². The molecule has 1 aliphatic rings. The predicted octanol–water partition coefficient (Wildman–Crippen LogP) is 2.22. The molecule has 0 saturated carbocycles. The molecule has 0 bridgehead atoms. The topological polar surface area (TPSA) is 86.6 Å². The number of nitrogens with zero attached hydrogens (tertiary/aromatic N) is 4. The summed E-state index contributed by atoms with van der Waals surface area (Å²) in [4.78, 5) is 29.9. The fourth-order valence-electron chi connectivity index (χ4n) is 3.01. The van der Waals surface area contributed by atoms with E-state index in [-0.39, 0.29) is 18.1 Å². The van der Waals surface area contributed by atoms with Crippen molar-refractivity contribution in [1.82, 2.24) is 14.8 Å². The highest BCUT2D eigenvalue weighted by molar-refractivity contribution is 6.09. The standard InChI is InChI=1S/C20H17FN4O4/c1-24-19(26)7-6-18(23-24)25-10-13-8-15(4-5-17(13)20(25)27)28-11-14-2-3-16(9-22-14)29-12-21/h2-9H,10-12H2,1H3. The van der Waals surface area contributed by atoms with Crippen LogP contribution in [0.5, 0.6) is 11.5 Å². The first kappa shape index (κ1) is 18.6. The maximum atomic E-state index is 12.7. The number of carbonyl (C=O) groups is 1. The van der Waals surface area contributed by atoms with E-state index in [1.165, 1.54) is 35.0 Å². The molecule has 148 valence electrons. The van der Waals surface area contributed by atoms with Gasteiger partial charge in [-0.15, -0.1) is 0 Å². The van der Waals surface area contributed by atoms with Crippen molar-refractivity contribution in [3.8, 4) is 11.5 Å². The van der Waals surface area contributed by atoms with Gasteiger partial charge in [0.2, 0.25) is 6.86 Å². The van der Waals surface area contributed by atoms with Crippen molar-refractivity contribution in [2.45, 2.75) is 13.2 Å². The number of fused-ring (bicyclic) bond motifs is 1. The zero-order valence-electron chi connectivity index (χ0n) is 15.5. The van der Waals surface area contributed by atoms with E-state index in [0.29, 0.717) is 35.1 Å². The Bertz CT molecular complexity index is 1110. The third kappa shape index (κ3) is 3.79. The van der Waals surface area contributed by atoms with Gasteiger partial charge in [0.05, 0.1) is 18.4 Å². The van der Waals surface area contributed by atoms with E-state index in [2.05, 4.69) is 10.1 Å². The molecule has 0 aliphatic carbocycles. The molecular formula is C20H17FN4O4. The molecule has 0 N–H and O–H groups in total. The summed E-state index contributed by atoms with van der Waals surface area (Å²) < 4.78 is 23.8. The minimum absolute atomic E-state index is 0.178. The maximum absolute atomic E-state index is 12.7. The Morgan fingerprint density at radius 1 is 1.07 bits per heavy atom. The van der Waals surface area contributed by atoms with Gasteiger partial charge in [-0.05, 0) is 42.0 Å². The SMILES string of the molecule is Cn1nc(N2Cc3cc(OCc4ccc(OCF)cn4)ccc3C2=O)ccc1=O. The number of aromatic nitrogens is 3. The minimum Gasteiger partial charge on any atom is -0.487 e. The van der Waals surface area contributed by atoms with Crippen LogP contribution in [0.3, 0.4) is 0 Å². The van der Waals surface area contributed by atoms with Crippen LogP contribution >= 0.6 is 0 Å². The highest BCUT2D eigenvalue weighted by Gasteiger charge is 2.30. The molecule has 0 unspecified atom stereocenters. The molecule has 3 heterocycles. The van der Waals surface area contributed by atoms with E-state index in [0.717, 1.165) is 5.56 Å². The second-order valence-corrected chi connectivity index (χ2v) is 6.39. The van der Waals surface area contributed by atoms with Crippen LogP contribution in [0.1, 0.15) is 21.6 Å². The first-order valence-corrected chi connectivity index (χ1v) is 8.81. The number of pyridine rings is 1. The molecule has 4 rings (SSSR count). The van der Waals surface area contributed by atoms with Crippen LogP contribution in [0.25, 0.3) is 0 Å². The van der Waals surface area contributed by atoms with Gasteiger partial charge in [0.15, 0.2) is 5.82 Å². The minimum atomic E-state index is -0.906. The van der Waals surface area contributed by atoms with Gasteiger partial charge in [-0.25, -0.2) is 9.07 Å². The fourth-order valence-corrected chi connectivity index (χ4v) is 3.01. The number of hydrogen-bond acceptors (Lipinski definition) is 6. The van der Waals surface area contributed by atoms with Crippen LogP contribution in [-0.2, 0) is 20.2 Å². The predicted molar refractivity (Wildman–Crippen MR) is 102 cm³/mol. The van der Waals surface area contributed by atoms with Crippen LogP contribution in [0.2, 0.25) is 0 Å². The van der Waals surface area contributed by atoms with Crippen molar-refractivity contribution in [2.24, 2.45) is 7.05 Å². The number of rotatable bonds is 6. The molecule has 1 aliphatic heterocycles. The number of ether oxygens (including phenoxy) is 2. The number of benzene rings is 1. The zero-order chi connectivity index (χ0) is 20.4. The zero-order valence-corrected chi connectivity index (χ0v) is 15.5. The van der Waals surface area contributed by atoms with Gasteiger partial charge in [0.1, 0.15) is 18.1 Å². The van der Waals surface area contributed by atoms with E-state index >= 15 is 0 Å². The summed E-state index contributed by atoms with van der Waals surface area (Å²) in [6, 6.07) is 11.4. The number of alkyl halides is 1. The third-order valence-electron chi connectivity index (χ3n) is 4.51. The first-order valence-electron chi connectivity index (χ1n) is 8.81. The molecule has 3 aromatic rings. The average molecular weight is 396 g/mol. The smallest absolute Gasteiger partial charge is 0.266 e. The summed E-state index contributed by atoms with van der Waals surface area (Å²) >= 11 is 0. The van der Waals surface area contributed by atoms with Crippen LogP contribution in [0, 0.1) is 0 Å². The van der Waals surface area contributed by atoms with Crippen molar-refractivity contribution in [2.75, 3.05) is 11.8 Å². The van der Waals surface area contributed by atoms with Crippen LogP contribution in [0.15, 0.2) is 53.5 Å². The van der Waals surface area contributed by atoms with Crippen molar-refractivity contribution in [3.63, 3.8) is 0 Å². The summed E-state index contributed by atoms with van der Waals surface area (Å²) in [6.45, 7) is -0.351. The Morgan fingerprint density at radius 2 is 1.90 bits per heavy atom. The molecule has 1 amide bonds. The Kier molecular flexibility index (Phi) is 4.94. The van der Waals surface area contributed by atoms with Gasteiger partial charge in [-0.1, -0.05) is 0 Å². The highest BCUT2D eigenvalue weighted by atomic mass is 19.1. The highest BCUT2D eigenvalue weighted by Crippen LogP contribution is 2.29. The molecule has 1 aromatic carbocycles. The first-order chi connectivity index (χ1) is 14.0. The maximum Gasteiger partial charge on any atom is 0.266 e. The van der Waals surface area contributed by atoms with Crippen LogP contribution in [0.4, 0.5) is 10.2 Å². The number of hydrogen-bond donors (Lipinski definition) is 0. The van der Waals surface area contributed by atoms with Gasteiger partial charge in [-0.2, -0.15) is 5.10 Å². The van der Waals surface area contributed by atoms with Crippen molar-refractivity contribution in [3.05, 3.63) is 75.8 Å². The average Bonchev–Trinajstić information content (AvgIpc) is 3.06. The molecule has 0 saturated heterocycles. The van der Waals surface area contributed by atoms with Gasteiger partial charge in [0.25, 0.3) is 11.5 Å². The Labute approximate surface area is 165 Å². The summed E-state index contributed by atoms with van der Waals surface area (Å²) in [5.41, 5.74) is 1.79. The van der Waals surface area contributed by atoms with E-state index in [1.807, 2.05) is 0 Å². The lowest BCUT2D eigenvalue weighted by molar-refractivity contribution is 0.0995. The third-order valence-corrected chi connectivity index (χ3v) is 4.51. The number of aryl methyl sites for hydroxylation is 1. The number of amides is 1. The number of halogens is 1. The molecule has 0 spiro atoms. The van der Waals surface area contributed by atoms with Gasteiger partial charge < -0.3 is 9.47 Å². The van der Waals surface area contributed by atoms with Gasteiger partial charge in [0, 0.05) is 18.7 Å². The van der Waals surface area contributed by atoms with Crippen molar-refractivity contribution in [1.29, 1.82) is 0 Å². The quantitative estimate of drug-likeness (QED) is 0.635. The monoisotopic (exact) mass is 396 g/mol. The second-order valence-electron chi connectivity index (χ2n) is 6.39. The fraction of sp³-hybridized carbons (Fsp3) is 0.200. The van der Waals surface area contributed by atoms with E-state index in [1.54, 1.807) is 30.3 Å². The summed E-state index contributed by atoms with van der Waals surface area (Å²) in [6.07, 6.45) is 1.43. The van der Waals surface area contributed by atoms with E-state index in [9.17, 15) is 14.0 Å². The Balaban J connectivity index is 1.47. The van der Waals surface area contributed by atoms with Gasteiger partial charge >= 0.3 is 0 Å². The normalized spacial score (nSPS) is 12.8. The van der Waals surface area contributed by atoms with Crippen molar-refractivity contribution < 1.29 is 18.7 Å². The Hall–Kier alpha value is -3.75. The lowest BCUT2D eigenvalue weighted by Crippen LogP contribution is -2.28. The molecule has 0 fully saturated rings. The molecular weight excluding hydrogens is 379 g/mol. The lowest BCUT2D eigenvalue weighted by Gasteiger charge is -2.14. The van der Waals surface area contributed by atoms with Gasteiger partial charge in [-0.3, -0.25) is 19.5 Å². The molecule has 29 heavy (non-hydrogen) atoms. The number of anilines is 1. The van der Waals surface area contributed by atoms with Crippen molar-refractivity contribution >= 4 is 11.7 Å². The summed E-state index contributed by atoms with van der Waals surface area (Å²) in [7, 11) is 1.54. The largest absolute Gasteiger partial charge is 0.487 e. The van der Waals surface area contributed by atoms with Crippen LogP contribution in [-0.4, -0.2) is 27.5 Å². The summed E-state index contributed by atoms with van der Waals surface area (Å²) in [5.74, 6) is 1.18. The molecule has 0 radical (unpaired) electrons. The molecule has 2 aromatic heterocycles. The molecule has 9 heteroatoms. The Morgan fingerprint density at radius 3 is 2.62 bits per heavy atom. The number of carbonyl (C=O) groups excluding carboxylic acids is 1.